The molecule has 1 nitrogen and oxygen atoms in total. The fourth-order valence-electron chi connectivity index (χ4n) is 6.25. The van der Waals surface area contributed by atoms with Crippen LogP contribution in [0.3, 0.4) is 0 Å². The Kier molecular flexibility index (Phi) is 2.60. The Morgan fingerprint density at radius 3 is 2.06 bits per heavy atom. The van der Waals surface area contributed by atoms with Crippen molar-refractivity contribution in [1.29, 1.82) is 0 Å². The smallest absolute Gasteiger partial charge is 0.000564 e. The molecule has 1 atom stereocenters. The van der Waals surface area contributed by atoms with Crippen LogP contribution >= 0.6 is 0 Å². The Morgan fingerprint density at radius 1 is 0.944 bits per heavy atom. The molecule has 1 heteroatoms. The van der Waals surface area contributed by atoms with E-state index in [9.17, 15) is 0 Å². The summed E-state index contributed by atoms with van der Waals surface area (Å²) in [5.41, 5.74) is 1.43. The molecule has 102 valence electrons. The van der Waals surface area contributed by atoms with Crippen molar-refractivity contribution < 1.29 is 0 Å². The lowest BCUT2D eigenvalue weighted by atomic mass is 9.48. The highest BCUT2D eigenvalue weighted by atomic mass is 14.9. The van der Waals surface area contributed by atoms with Crippen LogP contribution in [-0.4, -0.2) is 13.1 Å². The fraction of sp³-hybridized carbons (Fsp3) is 1.00. The van der Waals surface area contributed by atoms with E-state index < -0.39 is 0 Å². The van der Waals surface area contributed by atoms with Crippen molar-refractivity contribution in [2.24, 2.45) is 28.6 Å². The Bertz CT molecular complexity index is 291. The Morgan fingerprint density at radius 2 is 1.56 bits per heavy atom. The van der Waals surface area contributed by atoms with Crippen LogP contribution in [-0.2, 0) is 0 Å². The van der Waals surface area contributed by atoms with Gasteiger partial charge < -0.3 is 5.32 Å². The molecule has 1 aliphatic heterocycles. The maximum atomic E-state index is 3.57. The highest BCUT2D eigenvalue weighted by molar-refractivity contribution is 5.02. The second-order valence-electron chi connectivity index (χ2n) is 8.65. The predicted octanol–water partition coefficient (Wildman–Crippen LogP) is 3.98. The second kappa shape index (κ2) is 3.98. The fourth-order valence-corrected chi connectivity index (χ4v) is 6.25. The van der Waals surface area contributed by atoms with Gasteiger partial charge in [-0.15, -0.1) is 0 Å². The largest absolute Gasteiger partial charge is 0.316 e. The van der Waals surface area contributed by atoms with Crippen LogP contribution in [0.1, 0.15) is 64.7 Å². The molecule has 5 fully saturated rings. The molecule has 1 unspecified atom stereocenters. The maximum Gasteiger partial charge on any atom is 0.000564 e. The first-order valence-electron chi connectivity index (χ1n) is 8.36. The highest BCUT2D eigenvalue weighted by Crippen LogP contribution is 2.62. The Hall–Kier alpha value is -0.0400. The molecule has 4 bridgehead atoms. The van der Waals surface area contributed by atoms with Crippen LogP contribution in [0.5, 0.6) is 0 Å². The van der Waals surface area contributed by atoms with E-state index in [-0.39, 0.29) is 0 Å². The first-order valence-corrected chi connectivity index (χ1v) is 8.36. The van der Waals surface area contributed by atoms with Crippen molar-refractivity contribution >= 4 is 0 Å². The lowest BCUT2D eigenvalue weighted by molar-refractivity contribution is -0.0622. The Balaban J connectivity index is 1.44. The minimum atomic E-state index is 0.628. The first-order chi connectivity index (χ1) is 8.65. The SMILES string of the molecule is CC1(CCC23CC4CC(CC(C4)C2)C3)CCNC1. The summed E-state index contributed by atoms with van der Waals surface area (Å²) < 4.78 is 0. The molecule has 1 heterocycles. The van der Waals surface area contributed by atoms with Gasteiger partial charge in [-0.05, 0) is 92.9 Å². The summed E-state index contributed by atoms with van der Waals surface area (Å²) in [7, 11) is 0. The first kappa shape index (κ1) is 11.8. The van der Waals surface area contributed by atoms with Crippen molar-refractivity contribution in [3.63, 3.8) is 0 Å². The van der Waals surface area contributed by atoms with Crippen molar-refractivity contribution in [2.75, 3.05) is 13.1 Å². The van der Waals surface area contributed by atoms with Gasteiger partial charge in [-0.25, -0.2) is 0 Å². The average Bonchev–Trinajstić information content (AvgIpc) is 2.73. The summed E-state index contributed by atoms with van der Waals surface area (Å²) >= 11 is 0. The van der Waals surface area contributed by atoms with Gasteiger partial charge in [0.1, 0.15) is 0 Å². The van der Waals surface area contributed by atoms with Crippen molar-refractivity contribution in [3.8, 4) is 0 Å². The van der Waals surface area contributed by atoms with Gasteiger partial charge in [-0.1, -0.05) is 6.92 Å². The van der Waals surface area contributed by atoms with Gasteiger partial charge in [-0.3, -0.25) is 0 Å². The quantitative estimate of drug-likeness (QED) is 0.795. The van der Waals surface area contributed by atoms with Crippen LogP contribution < -0.4 is 5.32 Å². The van der Waals surface area contributed by atoms with Gasteiger partial charge in [0.15, 0.2) is 0 Å². The monoisotopic (exact) mass is 247 g/mol. The number of rotatable bonds is 3. The minimum absolute atomic E-state index is 0.628. The maximum absolute atomic E-state index is 3.57. The molecule has 1 N–H and O–H groups in total. The number of hydrogen-bond donors (Lipinski definition) is 1. The lowest BCUT2D eigenvalue weighted by Gasteiger charge is -2.57. The molecule has 18 heavy (non-hydrogen) atoms. The topological polar surface area (TPSA) is 12.0 Å². The third-order valence-corrected chi connectivity index (χ3v) is 6.88. The van der Waals surface area contributed by atoms with Gasteiger partial charge in [0, 0.05) is 6.54 Å². The zero-order valence-corrected chi connectivity index (χ0v) is 12.0. The standard InChI is InChI=1S/C17H29N/c1-16(4-5-18-12-16)2-3-17-9-13-6-14(10-17)8-15(7-13)11-17/h13-15,18H,2-12H2,1H3. The van der Waals surface area contributed by atoms with E-state index in [2.05, 4.69) is 12.2 Å². The van der Waals surface area contributed by atoms with Gasteiger partial charge >= 0.3 is 0 Å². The number of nitrogens with one attached hydrogen (secondary N) is 1. The molecule has 1 saturated heterocycles. The van der Waals surface area contributed by atoms with E-state index in [0.29, 0.717) is 5.41 Å². The zero-order chi connectivity index (χ0) is 12.2. The van der Waals surface area contributed by atoms with E-state index in [1.54, 1.807) is 44.9 Å². The summed E-state index contributed by atoms with van der Waals surface area (Å²) in [5, 5.41) is 3.57. The van der Waals surface area contributed by atoms with Crippen LogP contribution in [0.15, 0.2) is 0 Å². The molecule has 4 saturated carbocycles. The molecular weight excluding hydrogens is 218 g/mol. The molecular formula is C17H29N. The van der Waals surface area contributed by atoms with Crippen LogP contribution in [0.4, 0.5) is 0 Å². The van der Waals surface area contributed by atoms with E-state index in [4.69, 9.17) is 0 Å². The van der Waals surface area contributed by atoms with E-state index in [1.165, 1.54) is 25.9 Å². The molecule has 0 aromatic heterocycles. The van der Waals surface area contributed by atoms with Crippen molar-refractivity contribution in [3.05, 3.63) is 0 Å². The molecule has 0 aromatic carbocycles. The molecule has 0 aromatic rings. The van der Waals surface area contributed by atoms with Gasteiger partial charge in [0.2, 0.25) is 0 Å². The molecule has 0 amide bonds. The Labute approximate surface area is 112 Å². The van der Waals surface area contributed by atoms with E-state index in [1.807, 2.05) is 0 Å². The molecule has 0 radical (unpaired) electrons. The molecule has 0 spiro atoms. The predicted molar refractivity (Wildman–Crippen MR) is 75.4 cm³/mol. The zero-order valence-electron chi connectivity index (χ0n) is 12.0. The summed E-state index contributed by atoms with van der Waals surface area (Å²) in [6.07, 6.45) is 14.0. The lowest BCUT2D eigenvalue weighted by Crippen LogP contribution is -2.46. The summed E-state index contributed by atoms with van der Waals surface area (Å²) in [4.78, 5) is 0. The highest BCUT2D eigenvalue weighted by Gasteiger charge is 2.50. The number of hydrogen-bond acceptors (Lipinski definition) is 1. The average molecular weight is 247 g/mol. The van der Waals surface area contributed by atoms with Crippen LogP contribution in [0.2, 0.25) is 0 Å². The van der Waals surface area contributed by atoms with E-state index >= 15 is 0 Å². The summed E-state index contributed by atoms with van der Waals surface area (Å²) in [6.45, 7) is 5.06. The minimum Gasteiger partial charge on any atom is -0.316 e. The van der Waals surface area contributed by atoms with E-state index in [0.717, 1.165) is 23.2 Å². The summed E-state index contributed by atoms with van der Waals surface area (Å²) in [6, 6.07) is 0. The third kappa shape index (κ3) is 1.94. The normalized spacial score (nSPS) is 54.2. The molecule has 5 aliphatic rings. The molecule has 4 aliphatic carbocycles. The van der Waals surface area contributed by atoms with Gasteiger partial charge in [0.05, 0.1) is 0 Å². The molecule has 5 rings (SSSR count). The van der Waals surface area contributed by atoms with Crippen LogP contribution in [0.25, 0.3) is 0 Å². The van der Waals surface area contributed by atoms with Crippen LogP contribution in [0, 0.1) is 28.6 Å². The van der Waals surface area contributed by atoms with Gasteiger partial charge in [-0.2, -0.15) is 0 Å². The second-order valence-corrected chi connectivity index (χ2v) is 8.65. The van der Waals surface area contributed by atoms with Gasteiger partial charge in [0.25, 0.3) is 0 Å². The summed E-state index contributed by atoms with van der Waals surface area (Å²) in [5.74, 6) is 3.39. The van der Waals surface area contributed by atoms with Crippen molar-refractivity contribution in [2.45, 2.75) is 64.7 Å². The van der Waals surface area contributed by atoms with Crippen molar-refractivity contribution in [1.82, 2.24) is 5.32 Å². The third-order valence-electron chi connectivity index (χ3n) is 6.88.